The molecule has 0 radical (unpaired) electrons. The fourth-order valence-corrected chi connectivity index (χ4v) is 3.21. The van der Waals surface area contributed by atoms with Crippen molar-refractivity contribution in [3.05, 3.63) is 0 Å². The third kappa shape index (κ3) is 3.65. The number of hydrogen-bond acceptors (Lipinski definition) is 5. The second-order valence-electron chi connectivity index (χ2n) is 5.67. The van der Waals surface area contributed by atoms with E-state index in [0.29, 0.717) is 12.8 Å². The van der Waals surface area contributed by atoms with Crippen molar-refractivity contribution in [2.45, 2.75) is 56.1 Å². The highest BCUT2D eigenvalue weighted by molar-refractivity contribution is 5.85. The topological polar surface area (TPSA) is 100 Å². The summed E-state index contributed by atoms with van der Waals surface area (Å²) in [5.74, 6) is -0.222. The molecule has 1 saturated carbocycles. The maximum absolute atomic E-state index is 12.3. The fraction of sp³-hybridized carbons (Fsp3) is 0.786. The highest BCUT2D eigenvalue weighted by Gasteiger charge is 2.39. The summed E-state index contributed by atoms with van der Waals surface area (Å²) in [5.41, 5.74) is -0.361. The molecule has 2 rings (SSSR count). The highest BCUT2D eigenvalue weighted by Crippen LogP contribution is 2.29. The Balaban J connectivity index is 0.00000220. The van der Waals surface area contributed by atoms with Crippen LogP contribution in [0.4, 0.5) is 0 Å². The van der Waals surface area contributed by atoms with E-state index in [0.717, 1.165) is 25.7 Å². The van der Waals surface area contributed by atoms with Crippen LogP contribution in [-0.2, 0) is 4.79 Å². The SMILES string of the molecule is Cl.N#CC1CCC(C#N)N1C(=O)CNC1(CO)CCCC1. The molecule has 1 saturated heterocycles. The molecule has 1 heterocycles. The van der Waals surface area contributed by atoms with E-state index < -0.39 is 12.1 Å². The third-order valence-corrected chi connectivity index (χ3v) is 4.45. The molecule has 1 amide bonds. The number of carbonyl (C=O) groups is 1. The van der Waals surface area contributed by atoms with Crippen molar-refractivity contribution in [2.24, 2.45) is 0 Å². The van der Waals surface area contributed by atoms with Crippen LogP contribution in [0.1, 0.15) is 38.5 Å². The lowest BCUT2D eigenvalue weighted by Crippen LogP contribution is -2.52. The number of amides is 1. The number of rotatable bonds is 4. The monoisotopic (exact) mass is 312 g/mol. The molecule has 6 nitrogen and oxygen atoms in total. The molecule has 2 fully saturated rings. The quantitative estimate of drug-likeness (QED) is 0.796. The molecule has 2 atom stereocenters. The Labute approximate surface area is 131 Å². The number of halogens is 1. The van der Waals surface area contributed by atoms with Gasteiger partial charge in [-0.2, -0.15) is 10.5 Å². The maximum atomic E-state index is 12.3. The van der Waals surface area contributed by atoms with Crippen molar-refractivity contribution in [2.75, 3.05) is 13.2 Å². The van der Waals surface area contributed by atoms with Crippen molar-refractivity contribution < 1.29 is 9.90 Å². The van der Waals surface area contributed by atoms with Crippen molar-refractivity contribution in [3.8, 4) is 12.1 Å². The summed E-state index contributed by atoms with van der Waals surface area (Å²) >= 11 is 0. The molecule has 2 N–H and O–H groups in total. The average molecular weight is 313 g/mol. The van der Waals surface area contributed by atoms with Crippen LogP contribution in [0.2, 0.25) is 0 Å². The second kappa shape index (κ2) is 7.61. The number of likely N-dealkylation sites (tertiary alicyclic amines) is 1. The fourth-order valence-electron chi connectivity index (χ4n) is 3.21. The van der Waals surface area contributed by atoms with Gasteiger partial charge in [0.1, 0.15) is 12.1 Å². The first-order valence-corrected chi connectivity index (χ1v) is 7.12. The molecule has 21 heavy (non-hydrogen) atoms. The summed E-state index contributed by atoms with van der Waals surface area (Å²) in [5, 5.41) is 30.8. The van der Waals surface area contributed by atoms with Gasteiger partial charge in [-0.25, -0.2) is 0 Å². The van der Waals surface area contributed by atoms with Gasteiger partial charge < -0.3 is 15.3 Å². The van der Waals surface area contributed by atoms with E-state index in [1.807, 2.05) is 0 Å². The summed E-state index contributed by atoms with van der Waals surface area (Å²) in [6, 6.07) is 3.18. The summed E-state index contributed by atoms with van der Waals surface area (Å²) in [6.07, 6.45) is 4.94. The summed E-state index contributed by atoms with van der Waals surface area (Å²) in [4.78, 5) is 13.7. The first kappa shape index (κ1) is 17.7. The third-order valence-electron chi connectivity index (χ3n) is 4.45. The average Bonchev–Trinajstić information content (AvgIpc) is 3.11. The van der Waals surface area contributed by atoms with Gasteiger partial charge in [-0.15, -0.1) is 12.4 Å². The van der Waals surface area contributed by atoms with E-state index in [-0.39, 0.29) is 37.0 Å². The number of hydrogen-bond donors (Lipinski definition) is 2. The molecule has 0 aromatic rings. The Hall–Kier alpha value is -1.34. The molecular weight excluding hydrogens is 292 g/mol. The predicted octanol–water partition coefficient (Wildman–Crippen LogP) is 0.710. The predicted molar refractivity (Wildman–Crippen MR) is 78.4 cm³/mol. The molecule has 116 valence electrons. The molecule has 2 unspecified atom stereocenters. The van der Waals surface area contributed by atoms with Gasteiger partial charge in [0, 0.05) is 5.54 Å². The van der Waals surface area contributed by atoms with Crippen LogP contribution in [-0.4, -0.2) is 46.7 Å². The Morgan fingerprint density at radius 3 is 2.19 bits per heavy atom. The van der Waals surface area contributed by atoms with Crippen LogP contribution in [0.5, 0.6) is 0 Å². The van der Waals surface area contributed by atoms with Crippen LogP contribution in [0.15, 0.2) is 0 Å². The Morgan fingerprint density at radius 1 is 1.24 bits per heavy atom. The van der Waals surface area contributed by atoms with Gasteiger partial charge in [0.25, 0.3) is 0 Å². The zero-order valence-corrected chi connectivity index (χ0v) is 12.7. The minimum Gasteiger partial charge on any atom is -0.394 e. The molecular formula is C14H21ClN4O2. The maximum Gasteiger partial charge on any atom is 0.238 e. The number of carbonyl (C=O) groups excluding carboxylic acids is 1. The molecule has 7 heteroatoms. The Morgan fingerprint density at radius 2 is 1.76 bits per heavy atom. The van der Waals surface area contributed by atoms with Crippen molar-refractivity contribution in [1.29, 1.82) is 10.5 Å². The van der Waals surface area contributed by atoms with Crippen LogP contribution in [0.3, 0.4) is 0 Å². The van der Waals surface area contributed by atoms with Crippen molar-refractivity contribution in [3.63, 3.8) is 0 Å². The minimum atomic E-state index is -0.498. The number of nitrogens with one attached hydrogen (secondary N) is 1. The van der Waals surface area contributed by atoms with Crippen LogP contribution < -0.4 is 5.32 Å². The molecule has 0 aromatic heterocycles. The van der Waals surface area contributed by atoms with Crippen LogP contribution in [0.25, 0.3) is 0 Å². The normalized spacial score (nSPS) is 26.7. The molecule has 0 aromatic carbocycles. The largest absolute Gasteiger partial charge is 0.394 e. The molecule has 0 spiro atoms. The van der Waals surface area contributed by atoms with Gasteiger partial charge in [0.15, 0.2) is 0 Å². The lowest BCUT2D eigenvalue weighted by atomic mass is 9.99. The first-order chi connectivity index (χ1) is 9.65. The smallest absolute Gasteiger partial charge is 0.238 e. The van der Waals surface area contributed by atoms with Gasteiger partial charge in [-0.1, -0.05) is 12.8 Å². The van der Waals surface area contributed by atoms with E-state index in [2.05, 4.69) is 17.5 Å². The highest BCUT2D eigenvalue weighted by atomic mass is 35.5. The number of aliphatic hydroxyl groups excluding tert-OH is 1. The molecule has 2 aliphatic rings. The molecule has 0 bridgehead atoms. The van der Waals surface area contributed by atoms with E-state index in [4.69, 9.17) is 10.5 Å². The summed E-state index contributed by atoms with van der Waals surface area (Å²) < 4.78 is 0. The van der Waals surface area contributed by atoms with E-state index in [9.17, 15) is 9.90 Å². The zero-order valence-electron chi connectivity index (χ0n) is 11.9. The minimum absolute atomic E-state index is 0. The van der Waals surface area contributed by atoms with Gasteiger partial charge in [0.2, 0.25) is 5.91 Å². The van der Waals surface area contributed by atoms with Crippen LogP contribution >= 0.6 is 12.4 Å². The Kier molecular flexibility index (Phi) is 6.42. The summed E-state index contributed by atoms with van der Waals surface area (Å²) in [7, 11) is 0. The number of nitriles is 2. The van der Waals surface area contributed by atoms with Crippen molar-refractivity contribution in [1.82, 2.24) is 10.2 Å². The molecule has 1 aliphatic heterocycles. The van der Waals surface area contributed by atoms with Crippen LogP contribution in [0, 0.1) is 22.7 Å². The van der Waals surface area contributed by atoms with E-state index >= 15 is 0 Å². The summed E-state index contributed by atoms with van der Waals surface area (Å²) in [6.45, 7) is 0.0978. The van der Waals surface area contributed by atoms with E-state index in [1.54, 1.807) is 0 Å². The lowest BCUT2D eigenvalue weighted by Gasteiger charge is -2.30. The molecule has 1 aliphatic carbocycles. The standard InChI is InChI=1S/C14H20N4O2.ClH/c15-7-11-3-4-12(8-16)18(11)13(20)9-17-14(10-19)5-1-2-6-14;/h11-12,17,19H,1-6,9-10H2;1H. The lowest BCUT2D eigenvalue weighted by molar-refractivity contribution is -0.131. The van der Waals surface area contributed by atoms with Gasteiger partial charge in [0.05, 0.1) is 25.3 Å². The van der Waals surface area contributed by atoms with Gasteiger partial charge >= 0.3 is 0 Å². The van der Waals surface area contributed by atoms with Gasteiger partial charge in [-0.3, -0.25) is 4.79 Å². The first-order valence-electron chi connectivity index (χ1n) is 7.12. The van der Waals surface area contributed by atoms with Crippen molar-refractivity contribution >= 4 is 18.3 Å². The number of aliphatic hydroxyl groups is 1. The zero-order chi connectivity index (χ0) is 14.6. The van der Waals surface area contributed by atoms with E-state index in [1.165, 1.54) is 4.90 Å². The Bertz CT molecular complexity index is 429. The van der Waals surface area contributed by atoms with Gasteiger partial charge in [-0.05, 0) is 25.7 Å². The second-order valence-corrected chi connectivity index (χ2v) is 5.67. The number of nitrogens with zero attached hydrogens (tertiary/aromatic N) is 3.